The third-order valence-electron chi connectivity index (χ3n) is 3.29. The molecule has 2 aromatic carbocycles. The van der Waals surface area contributed by atoms with Crippen molar-refractivity contribution in [3.05, 3.63) is 54.3 Å². The minimum absolute atomic E-state index is 0.158. The Balaban J connectivity index is 1.44. The molecule has 0 aromatic heterocycles. The molecular weight excluding hydrogens is 317 g/mol. The lowest BCUT2D eigenvalue weighted by molar-refractivity contribution is -0.119. The first-order chi connectivity index (χ1) is 11.2. The SMILES string of the molecule is O=C(CSc1ccccc1F)NCC1COc2ccccc2O1. The van der Waals surface area contributed by atoms with E-state index in [1.807, 2.05) is 24.3 Å². The zero-order valence-electron chi connectivity index (χ0n) is 12.3. The molecule has 1 atom stereocenters. The van der Waals surface area contributed by atoms with Gasteiger partial charge in [-0.05, 0) is 24.3 Å². The maximum Gasteiger partial charge on any atom is 0.230 e. The van der Waals surface area contributed by atoms with Crippen LogP contribution in [0.15, 0.2) is 53.4 Å². The summed E-state index contributed by atoms with van der Waals surface area (Å²) in [6, 6.07) is 13.8. The highest BCUT2D eigenvalue weighted by atomic mass is 32.2. The Morgan fingerprint density at radius 3 is 2.74 bits per heavy atom. The number of carbonyl (C=O) groups is 1. The fourth-order valence-corrected chi connectivity index (χ4v) is 2.92. The number of para-hydroxylation sites is 2. The van der Waals surface area contributed by atoms with Crippen molar-refractivity contribution in [3.63, 3.8) is 0 Å². The van der Waals surface area contributed by atoms with Gasteiger partial charge < -0.3 is 14.8 Å². The normalized spacial score (nSPS) is 16.0. The summed E-state index contributed by atoms with van der Waals surface area (Å²) in [5.74, 6) is 1.07. The van der Waals surface area contributed by atoms with Crippen molar-refractivity contribution in [2.75, 3.05) is 18.9 Å². The molecule has 1 aliphatic heterocycles. The second kappa shape index (κ2) is 7.37. The molecule has 3 rings (SSSR count). The lowest BCUT2D eigenvalue weighted by atomic mass is 10.2. The van der Waals surface area contributed by atoms with Crippen LogP contribution in [0.2, 0.25) is 0 Å². The summed E-state index contributed by atoms with van der Waals surface area (Å²) in [5.41, 5.74) is 0. The van der Waals surface area contributed by atoms with Crippen LogP contribution in [0.25, 0.3) is 0 Å². The Morgan fingerprint density at radius 2 is 1.91 bits per heavy atom. The molecular formula is C17H16FNO3S. The van der Waals surface area contributed by atoms with Crippen molar-refractivity contribution in [3.8, 4) is 11.5 Å². The molecule has 2 aromatic rings. The van der Waals surface area contributed by atoms with Gasteiger partial charge in [0.15, 0.2) is 11.5 Å². The molecule has 1 N–H and O–H groups in total. The molecule has 1 heterocycles. The average molecular weight is 333 g/mol. The molecule has 0 fully saturated rings. The molecule has 0 bridgehead atoms. The van der Waals surface area contributed by atoms with Gasteiger partial charge in [0.05, 0.1) is 12.3 Å². The summed E-state index contributed by atoms with van der Waals surface area (Å²) in [7, 11) is 0. The molecule has 0 saturated heterocycles. The number of thioether (sulfide) groups is 1. The molecule has 1 aliphatic rings. The van der Waals surface area contributed by atoms with E-state index in [-0.39, 0.29) is 23.6 Å². The molecule has 4 nitrogen and oxygen atoms in total. The van der Waals surface area contributed by atoms with Crippen LogP contribution in [-0.2, 0) is 4.79 Å². The highest BCUT2D eigenvalue weighted by molar-refractivity contribution is 8.00. The molecule has 23 heavy (non-hydrogen) atoms. The molecule has 120 valence electrons. The van der Waals surface area contributed by atoms with Crippen LogP contribution in [0.5, 0.6) is 11.5 Å². The van der Waals surface area contributed by atoms with Gasteiger partial charge in [0.25, 0.3) is 0 Å². The average Bonchev–Trinajstić information content (AvgIpc) is 2.59. The molecule has 0 aliphatic carbocycles. The fraction of sp³-hybridized carbons (Fsp3) is 0.235. The Labute approximate surface area is 138 Å². The Hall–Kier alpha value is -2.21. The number of halogens is 1. The standard InChI is InChI=1S/C17H16FNO3S/c18-13-5-1-4-8-16(13)23-11-17(20)19-9-12-10-21-14-6-2-3-7-15(14)22-12/h1-8,12H,9-11H2,(H,19,20). The highest BCUT2D eigenvalue weighted by Gasteiger charge is 2.21. The molecule has 6 heteroatoms. The van der Waals surface area contributed by atoms with E-state index in [4.69, 9.17) is 9.47 Å². The monoisotopic (exact) mass is 333 g/mol. The number of rotatable bonds is 5. The van der Waals surface area contributed by atoms with Gasteiger partial charge in [0.2, 0.25) is 5.91 Å². The summed E-state index contributed by atoms with van der Waals surface area (Å²) in [6.07, 6.45) is -0.229. The van der Waals surface area contributed by atoms with Crippen LogP contribution in [0.4, 0.5) is 4.39 Å². The van der Waals surface area contributed by atoms with E-state index < -0.39 is 0 Å². The lowest BCUT2D eigenvalue weighted by Gasteiger charge is -2.26. The minimum Gasteiger partial charge on any atom is -0.486 e. The van der Waals surface area contributed by atoms with Gasteiger partial charge in [-0.25, -0.2) is 4.39 Å². The van der Waals surface area contributed by atoms with Crippen molar-refractivity contribution >= 4 is 17.7 Å². The van der Waals surface area contributed by atoms with Gasteiger partial charge in [-0.3, -0.25) is 4.79 Å². The summed E-state index contributed by atoms with van der Waals surface area (Å²) in [5, 5.41) is 2.79. The number of ether oxygens (including phenoxy) is 2. The van der Waals surface area contributed by atoms with Crippen molar-refractivity contribution in [2.45, 2.75) is 11.0 Å². The third-order valence-corrected chi connectivity index (χ3v) is 4.34. The predicted molar refractivity (Wildman–Crippen MR) is 86.5 cm³/mol. The van der Waals surface area contributed by atoms with E-state index in [2.05, 4.69) is 5.32 Å². The summed E-state index contributed by atoms with van der Waals surface area (Å²) in [4.78, 5) is 12.3. The van der Waals surface area contributed by atoms with Gasteiger partial charge >= 0.3 is 0 Å². The summed E-state index contributed by atoms with van der Waals surface area (Å²) >= 11 is 1.17. The van der Waals surface area contributed by atoms with E-state index in [9.17, 15) is 9.18 Å². The van der Waals surface area contributed by atoms with Crippen LogP contribution in [0.1, 0.15) is 0 Å². The van der Waals surface area contributed by atoms with Gasteiger partial charge in [0.1, 0.15) is 18.5 Å². The topological polar surface area (TPSA) is 47.6 Å². The molecule has 0 saturated carbocycles. The van der Waals surface area contributed by atoms with Crippen LogP contribution in [-0.4, -0.2) is 30.9 Å². The van der Waals surface area contributed by atoms with E-state index in [1.165, 1.54) is 17.8 Å². The van der Waals surface area contributed by atoms with Crippen molar-refractivity contribution in [2.24, 2.45) is 0 Å². The van der Waals surface area contributed by atoms with Gasteiger partial charge in [-0.2, -0.15) is 0 Å². The van der Waals surface area contributed by atoms with Crippen LogP contribution < -0.4 is 14.8 Å². The zero-order valence-corrected chi connectivity index (χ0v) is 13.1. The van der Waals surface area contributed by atoms with Crippen LogP contribution in [0, 0.1) is 5.82 Å². The maximum atomic E-state index is 13.5. The number of hydrogen-bond donors (Lipinski definition) is 1. The van der Waals surface area contributed by atoms with Crippen molar-refractivity contribution in [1.82, 2.24) is 5.32 Å². The number of benzene rings is 2. The first-order valence-electron chi connectivity index (χ1n) is 7.25. The first-order valence-corrected chi connectivity index (χ1v) is 8.23. The highest BCUT2D eigenvalue weighted by Crippen LogP contribution is 2.30. The molecule has 1 amide bonds. The van der Waals surface area contributed by atoms with Crippen LogP contribution in [0.3, 0.4) is 0 Å². The maximum absolute atomic E-state index is 13.5. The van der Waals surface area contributed by atoms with E-state index in [0.717, 1.165) is 0 Å². The Kier molecular flexibility index (Phi) is 5.02. The van der Waals surface area contributed by atoms with Crippen molar-refractivity contribution in [1.29, 1.82) is 0 Å². The first kappa shape index (κ1) is 15.7. The van der Waals surface area contributed by atoms with Gasteiger partial charge in [-0.15, -0.1) is 11.8 Å². The quantitative estimate of drug-likeness (QED) is 0.855. The number of fused-ring (bicyclic) bond motifs is 1. The zero-order chi connectivity index (χ0) is 16.1. The largest absolute Gasteiger partial charge is 0.486 e. The number of carbonyl (C=O) groups excluding carboxylic acids is 1. The van der Waals surface area contributed by atoms with Crippen LogP contribution >= 0.6 is 11.8 Å². The number of hydrogen-bond acceptors (Lipinski definition) is 4. The number of amides is 1. The summed E-state index contributed by atoms with van der Waals surface area (Å²) < 4.78 is 24.8. The van der Waals surface area contributed by atoms with E-state index >= 15 is 0 Å². The molecule has 0 radical (unpaired) electrons. The lowest BCUT2D eigenvalue weighted by Crippen LogP contribution is -2.41. The minimum atomic E-state index is -0.314. The Morgan fingerprint density at radius 1 is 1.17 bits per heavy atom. The van der Waals surface area contributed by atoms with Gasteiger partial charge in [0, 0.05) is 4.90 Å². The molecule has 0 spiro atoms. The van der Waals surface area contributed by atoms with E-state index in [0.29, 0.717) is 29.5 Å². The number of nitrogens with one attached hydrogen (secondary N) is 1. The Bertz CT molecular complexity index is 695. The van der Waals surface area contributed by atoms with Crippen molar-refractivity contribution < 1.29 is 18.7 Å². The second-order valence-corrected chi connectivity index (χ2v) is 6.04. The van der Waals surface area contributed by atoms with E-state index in [1.54, 1.807) is 18.2 Å². The third kappa shape index (κ3) is 4.16. The van der Waals surface area contributed by atoms with Gasteiger partial charge in [-0.1, -0.05) is 24.3 Å². The smallest absolute Gasteiger partial charge is 0.230 e. The molecule has 1 unspecified atom stereocenters. The fourth-order valence-electron chi connectivity index (χ4n) is 2.15. The summed E-state index contributed by atoms with van der Waals surface area (Å²) in [6.45, 7) is 0.739. The second-order valence-electron chi connectivity index (χ2n) is 5.02. The predicted octanol–water partition coefficient (Wildman–Crippen LogP) is 2.87.